The molecule has 0 aliphatic heterocycles. The van der Waals surface area contributed by atoms with Gasteiger partial charge in [0, 0.05) is 5.56 Å². The van der Waals surface area contributed by atoms with Crippen LogP contribution in [-0.2, 0) is 0 Å². The van der Waals surface area contributed by atoms with Crippen molar-refractivity contribution in [3.63, 3.8) is 0 Å². The Morgan fingerprint density at radius 1 is 0.682 bits per heavy atom. The van der Waals surface area contributed by atoms with E-state index in [1.54, 1.807) is 6.07 Å². The van der Waals surface area contributed by atoms with Gasteiger partial charge in [0.15, 0.2) is 0 Å². The fraction of sp³-hybridized carbons (Fsp3) is 0.143. The number of aryl methyl sites for hydroxylation is 3. The third kappa shape index (κ3) is 2.67. The minimum atomic E-state index is -0.163. The summed E-state index contributed by atoms with van der Waals surface area (Å²) in [6.07, 6.45) is 0. The van der Waals surface area contributed by atoms with Crippen molar-refractivity contribution in [3.05, 3.63) is 83.2 Å². The van der Waals surface area contributed by atoms with Crippen molar-refractivity contribution in [1.29, 1.82) is 0 Å². The lowest BCUT2D eigenvalue weighted by Gasteiger charge is -2.13. The van der Waals surface area contributed by atoms with Crippen LogP contribution in [0.3, 0.4) is 0 Å². The highest BCUT2D eigenvalue weighted by Crippen LogP contribution is 2.32. The molecule has 0 aliphatic carbocycles. The second kappa shape index (κ2) is 5.76. The summed E-state index contributed by atoms with van der Waals surface area (Å²) in [5, 5.41) is 0. The van der Waals surface area contributed by atoms with Crippen LogP contribution in [0.1, 0.15) is 16.7 Å². The molecule has 0 fully saturated rings. The normalized spacial score (nSPS) is 10.7. The molecule has 0 N–H and O–H groups in total. The number of halogens is 1. The molecular formula is C21H19F. The molecule has 0 atom stereocenters. The summed E-state index contributed by atoms with van der Waals surface area (Å²) in [5.41, 5.74) is 6.91. The maximum absolute atomic E-state index is 14.7. The Morgan fingerprint density at radius 2 is 1.45 bits per heavy atom. The second-order valence-corrected chi connectivity index (χ2v) is 5.83. The van der Waals surface area contributed by atoms with E-state index in [2.05, 4.69) is 19.1 Å². The lowest BCUT2D eigenvalue weighted by Crippen LogP contribution is -1.93. The van der Waals surface area contributed by atoms with E-state index in [0.29, 0.717) is 5.56 Å². The lowest BCUT2D eigenvalue weighted by molar-refractivity contribution is 0.631. The maximum atomic E-state index is 14.7. The lowest BCUT2D eigenvalue weighted by atomic mass is 9.93. The molecule has 0 saturated heterocycles. The van der Waals surface area contributed by atoms with E-state index < -0.39 is 0 Å². The minimum absolute atomic E-state index is 0.163. The van der Waals surface area contributed by atoms with Gasteiger partial charge in [-0.05, 0) is 54.7 Å². The van der Waals surface area contributed by atoms with Crippen LogP contribution in [0, 0.1) is 26.6 Å². The van der Waals surface area contributed by atoms with Gasteiger partial charge in [0.25, 0.3) is 0 Å². The molecule has 0 aliphatic rings. The smallest absolute Gasteiger partial charge is 0.131 e. The first-order chi connectivity index (χ1) is 10.6. The number of rotatable bonds is 2. The van der Waals surface area contributed by atoms with Gasteiger partial charge in [0.1, 0.15) is 5.82 Å². The zero-order valence-electron chi connectivity index (χ0n) is 13.2. The van der Waals surface area contributed by atoms with Crippen LogP contribution in [0.25, 0.3) is 22.3 Å². The van der Waals surface area contributed by atoms with Crippen LogP contribution in [0.2, 0.25) is 0 Å². The van der Waals surface area contributed by atoms with Crippen LogP contribution in [0.15, 0.2) is 60.7 Å². The summed E-state index contributed by atoms with van der Waals surface area (Å²) in [5.74, 6) is -0.163. The zero-order valence-corrected chi connectivity index (χ0v) is 13.2. The maximum Gasteiger partial charge on any atom is 0.131 e. The Labute approximate surface area is 131 Å². The van der Waals surface area contributed by atoms with Gasteiger partial charge in [-0.3, -0.25) is 0 Å². The van der Waals surface area contributed by atoms with E-state index >= 15 is 0 Å². The van der Waals surface area contributed by atoms with Crippen LogP contribution in [0.4, 0.5) is 4.39 Å². The summed E-state index contributed by atoms with van der Waals surface area (Å²) in [7, 11) is 0. The Bertz CT molecular complexity index is 808. The zero-order chi connectivity index (χ0) is 15.7. The highest BCUT2D eigenvalue weighted by atomic mass is 19.1. The van der Waals surface area contributed by atoms with Crippen LogP contribution in [0.5, 0.6) is 0 Å². The molecule has 0 bridgehead atoms. The molecule has 22 heavy (non-hydrogen) atoms. The summed E-state index contributed by atoms with van der Waals surface area (Å²) in [6.45, 7) is 6.05. The van der Waals surface area contributed by atoms with Gasteiger partial charge in [-0.15, -0.1) is 0 Å². The number of hydrogen-bond acceptors (Lipinski definition) is 0. The number of hydrogen-bond donors (Lipinski definition) is 0. The molecular weight excluding hydrogens is 271 g/mol. The van der Waals surface area contributed by atoms with E-state index in [-0.39, 0.29) is 5.82 Å². The molecule has 0 saturated carbocycles. The molecule has 1 heteroatoms. The predicted octanol–water partition coefficient (Wildman–Crippen LogP) is 6.08. The quantitative estimate of drug-likeness (QED) is 0.536. The van der Waals surface area contributed by atoms with E-state index in [0.717, 1.165) is 33.4 Å². The van der Waals surface area contributed by atoms with Crippen molar-refractivity contribution in [2.45, 2.75) is 20.8 Å². The topological polar surface area (TPSA) is 0 Å². The van der Waals surface area contributed by atoms with Crippen molar-refractivity contribution in [2.75, 3.05) is 0 Å². The van der Waals surface area contributed by atoms with Crippen molar-refractivity contribution in [3.8, 4) is 22.3 Å². The van der Waals surface area contributed by atoms with Gasteiger partial charge >= 0.3 is 0 Å². The molecule has 0 spiro atoms. The minimum Gasteiger partial charge on any atom is -0.206 e. The number of benzene rings is 3. The summed E-state index contributed by atoms with van der Waals surface area (Å²) in [6, 6.07) is 19.8. The average Bonchev–Trinajstić information content (AvgIpc) is 2.47. The van der Waals surface area contributed by atoms with Crippen molar-refractivity contribution in [2.24, 2.45) is 0 Å². The van der Waals surface area contributed by atoms with Crippen molar-refractivity contribution < 1.29 is 4.39 Å². The van der Waals surface area contributed by atoms with Crippen LogP contribution >= 0.6 is 0 Å². The third-order valence-corrected chi connectivity index (χ3v) is 4.05. The highest BCUT2D eigenvalue weighted by Gasteiger charge is 2.12. The van der Waals surface area contributed by atoms with Crippen molar-refractivity contribution >= 4 is 0 Å². The van der Waals surface area contributed by atoms with Crippen molar-refractivity contribution in [1.82, 2.24) is 0 Å². The SMILES string of the molecule is Cc1cccc(-c2c(C)cc(-c3ccccc3C)cc2F)c1. The van der Waals surface area contributed by atoms with Gasteiger partial charge in [0.2, 0.25) is 0 Å². The fourth-order valence-electron chi connectivity index (χ4n) is 2.96. The van der Waals surface area contributed by atoms with Gasteiger partial charge in [-0.1, -0.05) is 60.2 Å². The molecule has 0 nitrogen and oxygen atoms in total. The largest absolute Gasteiger partial charge is 0.206 e. The van der Waals surface area contributed by atoms with Gasteiger partial charge in [-0.25, -0.2) is 4.39 Å². The second-order valence-electron chi connectivity index (χ2n) is 5.83. The molecule has 0 amide bonds. The summed E-state index contributed by atoms with van der Waals surface area (Å²) < 4.78 is 14.7. The highest BCUT2D eigenvalue weighted by molar-refractivity contribution is 5.75. The van der Waals surface area contributed by atoms with Crippen LogP contribution < -0.4 is 0 Å². The van der Waals surface area contributed by atoms with Gasteiger partial charge in [-0.2, -0.15) is 0 Å². The van der Waals surface area contributed by atoms with E-state index in [1.165, 1.54) is 0 Å². The molecule has 3 aromatic rings. The molecule has 0 aromatic heterocycles. The van der Waals surface area contributed by atoms with Gasteiger partial charge < -0.3 is 0 Å². The first-order valence-corrected chi connectivity index (χ1v) is 7.49. The average molecular weight is 290 g/mol. The Balaban J connectivity index is 2.15. The molecule has 3 aromatic carbocycles. The molecule has 110 valence electrons. The summed E-state index contributed by atoms with van der Waals surface area (Å²) >= 11 is 0. The van der Waals surface area contributed by atoms with E-state index in [4.69, 9.17) is 0 Å². The van der Waals surface area contributed by atoms with E-state index in [9.17, 15) is 4.39 Å². The monoisotopic (exact) mass is 290 g/mol. The molecule has 3 rings (SSSR count). The molecule has 0 unspecified atom stereocenters. The predicted molar refractivity (Wildman–Crippen MR) is 91.5 cm³/mol. The van der Waals surface area contributed by atoms with E-state index in [1.807, 2.05) is 56.3 Å². The first kappa shape index (κ1) is 14.5. The Hall–Kier alpha value is -2.41. The Kier molecular flexibility index (Phi) is 3.81. The molecule has 0 heterocycles. The third-order valence-electron chi connectivity index (χ3n) is 4.05. The fourth-order valence-corrected chi connectivity index (χ4v) is 2.96. The standard InChI is InChI=1S/C21H19F/c1-14-7-6-9-17(11-14)21-16(3)12-18(13-20(21)22)19-10-5-4-8-15(19)2/h4-13H,1-3H3. The summed E-state index contributed by atoms with van der Waals surface area (Å²) in [4.78, 5) is 0. The first-order valence-electron chi connectivity index (χ1n) is 7.49. The Morgan fingerprint density at radius 3 is 2.14 bits per heavy atom. The molecule has 0 radical (unpaired) electrons. The van der Waals surface area contributed by atoms with Crippen LogP contribution in [-0.4, -0.2) is 0 Å². The van der Waals surface area contributed by atoms with Gasteiger partial charge in [0.05, 0.1) is 0 Å².